The smallest absolute Gasteiger partial charge is 0.315 e. The minimum atomic E-state index is -1.39. The Morgan fingerprint density at radius 2 is 2.20 bits per heavy atom. The van der Waals surface area contributed by atoms with Crippen LogP contribution in [0.5, 0.6) is 0 Å². The van der Waals surface area contributed by atoms with Gasteiger partial charge in [-0.05, 0) is 6.42 Å². The van der Waals surface area contributed by atoms with Crippen molar-refractivity contribution in [1.82, 2.24) is 0 Å². The molecule has 0 radical (unpaired) electrons. The molecule has 0 aromatic carbocycles. The molecule has 0 saturated heterocycles. The Morgan fingerprint density at radius 1 is 1.70 bits per heavy atom. The first-order valence-electron chi connectivity index (χ1n) is 3.41. The van der Waals surface area contributed by atoms with E-state index < -0.39 is 11.2 Å². The monoisotopic (exact) mass is 147 g/mol. The minimum Gasteiger partial charge on any atom is -0.333 e. The van der Waals surface area contributed by atoms with Crippen molar-refractivity contribution in [2.24, 2.45) is 5.92 Å². The van der Waals surface area contributed by atoms with Crippen LogP contribution in [0.3, 0.4) is 0 Å². The Labute approximate surface area is 60.0 Å². The normalized spacial score (nSPS) is 16.3. The summed E-state index contributed by atoms with van der Waals surface area (Å²) in [5.74, 6) is -0.236. The molecule has 60 valence electrons. The second-order valence-electron chi connectivity index (χ2n) is 2.46. The maximum atomic E-state index is 9.97. The van der Waals surface area contributed by atoms with Crippen LogP contribution < -0.4 is 0 Å². The fourth-order valence-corrected chi connectivity index (χ4v) is 0.812. The third-order valence-electron chi connectivity index (χ3n) is 1.47. The molecule has 0 heterocycles. The number of aliphatic hydroxyl groups is 1. The molecular weight excluding hydrogens is 134 g/mol. The van der Waals surface area contributed by atoms with Crippen LogP contribution in [-0.2, 0) is 0 Å². The minimum absolute atomic E-state index is 0.236. The van der Waals surface area contributed by atoms with E-state index in [1.54, 1.807) is 6.92 Å². The molecule has 0 spiro atoms. The highest BCUT2D eigenvalue weighted by Gasteiger charge is 2.22. The number of nitro groups is 1. The van der Waals surface area contributed by atoms with E-state index in [1.165, 1.54) is 0 Å². The van der Waals surface area contributed by atoms with Crippen LogP contribution >= 0.6 is 0 Å². The van der Waals surface area contributed by atoms with Crippen molar-refractivity contribution >= 4 is 0 Å². The van der Waals surface area contributed by atoms with Crippen molar-refractivity contribution < 1.29 is 10.0 Å². The van der Waals surface area contributed by atoms with E-state index in [1.807, 2.05) is 6.92 Å². The lowest BCUT2D eigenvalue weighted by atomic mass is 10.1. The highest BCUT2D eigenvalue weighted by Crippen LogP contribution is 2.10. The van der Waals surface area contributed by atoms with Gasteiger partial charge in [0.15, 0.2) is 0 Å². The number of hydrogen-bond donors (Lipinski definition) is 1. The van der Waals surface area contributed by atoms with Crippen LogP contribution in [0.25, 0.3) is 0 Å². The molecule has 0 aromatic rings. The number of nitrogens with zero attached hydrogens (tertiary/aromatic N) is 1. The van der Waals surface area contributed by atoms with Gasteiger partial charge in [0.05, 0.1) is 10.8 Å². The van der Waals surface area contributed by atoms with Gasteiger partial charge in [-0.2, -0.15) is 0 Å². The second kappa shape index (κ2) is 4.22. The van der Waals surface area contributed by atoms with E-state index in [9.17, 15) is 10.1 Å². The molecule has 0 aliphatic heterocycles. The largest absolute Gasteiger partial charge is 0.333 e. The summed E-state index contributed by atoms with van der Waals surface area (Å²) in [5.41, 5.74) is 0. The van der Waals surface area contributed by atoms with E-state index in [0.29, 0.717) is 6.42 Å². The highest BCUT2D eigenvalue weighted by molar-refractivity contribution is 4.52. The van der Waals surface area contributed by atoms with Crippen molar-refractivity contribution in [3.63, 3.8) is 0 Å². The van der Waals surface area contributed by atoms with Gasteiger partial charge in [0.25, 0.3) is 0 Å². The van der Waals surface area contributed by atoms with E-state index in [-0.39, 0.29) is 5.92 Å². The Balaban J connectivity index is 3.69. The summed E-state index contributed by atoms with van der Waals surface area (Å²) in [5, 5.41) is 18.8. The molecular formula is C6H13NO3. The van der Waals surface area contributed by atoms with Gasteiger partial charge in [0.2, 0.25) is 0 Å². The van der Waals surface area contributed by atoms with E-state index in [2.05, 4.69) is 0 Å². The van der Waals surface area contributed by atoms with Crippen LogP contribution in [-0.4, -0.2) is 16.3 Å². The molecule has 0 rings (SSSR count). The standard InChI is InChI=1S/C6H13NO3/c1-3-4-5(2)6(8)7(9)10/h5-6,8H,3-4H2,1-2H3. The summed E-state index contributed by atoms with van der Waals surface area (Å²) in [7, 11) is 0. The van der Waals surface area contributed by atoms with Crippen molar-refractivity contribution in [3.05, 3.63) is 10.1 Å². The van der Waals surface area contributed by atoms with Crippen molar-refractivity contribution in [3.8, 4) is 0 Å². The van der Waals surface area contributed by atoms with Crippen LogP contribution in [0.2, 0.25) is 0 Å². The zero-order chi connectivity index (χ0) is 8.15. The molecule has 0 aliphatic carbocycles. The van der Waals surface area contributed by atoms with Crippen molar-refractivity contribution in [1.29, 1.82) is 0 Å². The maximum Gasteiger partial charge on any atom is 0.315 e. The molecule has 4 heteroatoms. The lowest BCUT2D eigenvalue weighted by Crippen LogP contribution is -2.26. The Morgan fingerprint density at radius 3 is 2.50 bits per heavy atom. The molecule has 0 saturated carbocycles. The average Bonchev–Trinajstić information content (AvgIpc) is 1.87. The van der Waals surface area contributed by atoms with Crippen LogP contribution in [0.4, 0.5) is 0 Å². The molecule has 0 aliphatic rings. The predicted octanol–water partition coefficient (Wildman–Crippen LogP) is 1.02. The second-order valence-corrected chi connectivity index (χ2v) is 2.46. The highest BCUT2D eigenvalue weighted by atomic mass is 16.7. The van der Waals surface area contributed by atoms with Gasteiger partial charge in [-0.3, -0.25) is 10.1 Å². The summed E-state index contributed by atoms with van der Waals surface area (Å²) >= 11 is 0. The summed E-state index contributed by atoms with van der Waals surface area (Å²) in [6.07, 6.45) is 0.175. The van der Waals surface area contributed by atoms with E-state index in [4.69, 9.17) is 5.11 Å². The average molecular weight is 147 g/mol. The van der Waals surface area contributed by atoms with Crippen molar-refractivity contribution in [2.45, 2.75) is 32.9 Å². The fraction of sp³-hybridized carbons (Fsp3) is 1.00. The Kier molecular flexibility index (Phi) is 3.95. The summed E-state index contributed by atoms with van der Waals surface area (Å²) < 4.78 is 0. The van der Waals surface area contributed by atoms with Gasteiger partial charge in [-0.15, -0.1) is 0 Å². The van der Waals surface area contributed by atoms with Gasteiger partial charge in [-0.25, -0.2) is 0 Å². The molecule has 0 amide bonds. The first kappa shape index (κ1) is 9.36. The first-order chi connectivity index (χ1) is 4.59. The van der Waals surface area contributed by atoms with Gasteiger partial charge < -0.3 is 5.11 Å². The van der Waals surface area contributed by atoms with E-state index in [0.717, 1.165) is 6.42 Å². The number of aliphatic hydroxyl groups excluding tert-OH is 1. The van der Waals surface area contributed by atoms with Crippen LogP contribution in [0, 0.1) is 16.0 Å². The lowest BCUT2D eigenvalue weighted by Gasteiger charge is -2.09. The Hall–Kier alpha value is -0.640. The van der Waals surface area contributed by atoms with Gasteiger partial charge in [0, 0.05) is 0 Å². The number of hydrogen-bond acceptors (Lipinski definition) is 3. The molecule has 10 heavy (non-hydrogen) atoms. The summed E-state index contributed by atoms with van der Waals surface area (Å²) in [6.45, 7) is 3.61. The van der Waals surface area contributed by atoms with Crippen LogP contribution in [0.1, 0.15) is 26.7 Å². The fourth-order valence-electron chi connectivity index (χ4n) is 0.812. The predicted molar refractivity (Wildman–Crippen MR) is 37.1 cm³/mol. The molecule has 0 fully saturated rings. The first-order valence-corrected chi connectivity index (χ1v) is 3.41. The number of rotatable bonds is 4. The topological polar surface area (TPSA) is 63.4 Å². The summed E-state index contributed by atoms with van der Waals surface area (Å²) in [6, 6.07) is 0. The molecule has 0 bridgehead atoms. The van der Waals surface area contributed by atoms with E-state index >= 15 is 0 Å². The maximum absolute atomic E-state index is 9.97. The third kappa shape index (κ3) is 2.77. The summed E-state index contributed by atoms with van der Waals surface area (Å²) in [4.78, 5) is 9.32. The lowest BCUT2D eigenvalue weighted by molar-refractivity contribution is -0.580. The quantitative estimate of drug-likeness (QED) is 0.367. The SMILES string of the molecule is CCCC(C)C(O)[N+](=O)[O-]. The third-order valence-corrected chi connectivity index (χ3v) is 1.47. The molecule has 1 N–H and O–H groups in total. The van der Waals surface area contributed by atoms with Crippen LogP contribution in [0.15, 0.2) is 0 Å². The Bertz CT molecular complexity index is 116. The molecule has 2 atom stereocenters. The van der Waals surface area contributed by atoms with Gasteiger partial charge >= 0.3 is 6.23 Å². The zero-order valence-corrected chi connectivity index (χ0v) is 6.28. The molecule has 2 unspecified atom stereocenters. The molecule has 0 aromatic heterocycles. The zero-order valence-electron chi connectivity index (χ0n) is 6.28. The van der Waals surface area contributed by atoms with Gasteiger partial charge in [-0.1, -0.05) is 20.3 Å². The van der Waals surface area contributed by atoms with Gasteiger partial charge in [0.1, 0.15) is 0 Å². The van der Waals surface area contributed by atoms with Crippen molar-refractivity contribution in [2.75, 3.05) is 0 Å². The molecule has 4 nitrogen and oxygen atoms in total.